The molecule has 134 valence electrons. The van der Waals surface area contributed by atoms with E-state index in [1.165, 1.54) is 18.2 Å². The highest BCUT2D eigenvalue weighted by Gasteiger charge is 2.10. The van der Waals surface area contributed by atoms with E-state index in [9.17, 15) is 14.3 Å². The second-order valence-corrected chi connectivity index (χ2v) is 5.88. The van der Waals surface area contributed by atoms with Gasteiger partial charge in [-0.15, -0.1) is 0 Å². The van der Waals surface area contributed by atoms with Gasteiger partial charge in [0.2, 0.25) is 5.91 Å². The Morgan fingerprint density at radius 2 is 2.00 bits per heavy atom. The Kier molecular flexibility index (Phi) is 7.37. The third-order valence-electron chi connectivity index (χ3n) is 3.48. The molecule has 2 rings (SSSR count). The number of carbonyl (C=O) groups excluding carboxylic acids is 1. The quantitative estimate of drug-likeness (QED) is 0.727. The third-order valence-corrected chi connectivity index (χ3v) is 3.48. The van der Waals surface area contributed by atoms with Crippen LogP contribution in [0.4, 0.5) is 4.39 Å². The normalized spacial score (nSPS) is 12.0. The minimum atomic E-state index is -0.869. The van der Waals surface area contributed by atoms with Crippen molar-refractivity contribution < 1.29 is 19.0 Å². The number of likely N-dealkylation sites (N-methyl/N-ethyl adjacent to an activating group) is 1. The number of hydrogen-bond donors (Lipinski definition) is 2. The van der Waals surface area contributed by atoms with Crippen LogP contribution in [0.5, 0.6) is 5.75 Å². The lowest BCUT2D eigenvalue weighted by Gasteiger charge is -2.17. The van der Waals surface area contributed by atoms with E-state index in [2.05, 4.69) is 5.32 Å². The summed E-state index contributed by atoms with van der Waals surface area (Å²) < 4.78 is 18.3. The van der Waals surface area contributed by atoms with Crippen LogP contribution in [0.1, 0.15) is 5.56 Å². The van der Waals surface area contributed by atoms with Gasteiger partial charge in [0.15, 0.2) is 0 Å². The smallest absolute Gasteiger partial charge is 0.234 e. The van der Waals surface area contributed by atoms with Crippen LogP contribution in [0.2, 0.25) is 0 Å². The fourth-order valence-corrected chi connectivity index (χ4v) is 2.29. The van der Waals surface area contributed by atoms with Gasteiger partial charge in [-0.05, 0) is 24.7 Å². The van der Waals surface area contributed by atoms with Crippen molar-refractivity contribution in [2.45, 2.75) is 12.6 Å². The van der Waals surface area contributed by atoms with Gasteiger partial charge >= 0.3 is 0 Å². The Bertz CT molecular complexity index is 667. The van der Waals surface area contributed by atoms with E-state index in [0.29, 0.717) is 12.3 Å². The molecule has 0 saturated carbocycles. The summed E-state index contributed by atoms with van der Waals surface area (Å²) in [6.07, 6.45) is -0.869. The van der Waals surface area contributed by atoms with Crippen molar-refractivity contribution in [3.63, 3.8) is 0 Å². The van der Waals surface area contributed by atoms with Gasteiger partial charge in [0.25, 0.3) is 0 Å². The fourth-order valence-electron chi connectivity index (χ4n) is 2.29. The first-order valence-corrected chi connectivity index (χ1v) is 8.08. The minimum Gasteiger partial charge on any atom is -0.491 e. The van der Waals surface area contributed by atoms with E-state index in [4.69, 9.17) is 4.74 Å². The SMILES string of the molecule is CN(CC(=O)NCC(O)COc1cccc(F)c1)Cc1ccccc1. The van der Waals surface area contributed by atoms with Crippen LogP contribution in [0, 0.1) is 5.82 Å². The average molecular weight is 346 g/mol. The molecule has 2 aromatic rings. The zero-order valence-corrected chi connectivity index (χ0v) is 14.2. The number of benzene rings is 2. The maximum atomic E-state index is 13.0. The molecule has 1 unspecified atom stereocenters. The first-order valence-electron chi connectivity index (χ1n) is 8.08. The highest BCUT2D eigenvalue weighted by molar-refractivity contribution is 5.77. The Morgan fingerprint density at radius 1 is 1.24 bits per heavy atom. The largest absolute Gasteiger partial charge is 0.491 e. The predicted octanol–water partition coefficient (Wildman–Crippen LogP) is 1.81. The summed E-state index contributed by atoms with van der Waals surface area (Å²) in [6, 6.07) is 15.6. The third kappa shape index (κ3) is 7.32. The first kappa shape index (κ1) is 18.9. The maximum Gasteiger partial charge on any atom is 0.234 e. The molecule has 2 N–H and O–H groups in total. The Balaban J connectivity index is 1.65. The summed E-state index contributed by atoms with van der Waals surface area (Å²) >= 11 is 0. The number of aliphatic hydroxyl groups is 1. The number of ether oxygens (including phenoxy) is 1. The van der Waals surface area contributed by atoms with Crippen molar-refractivity contribution in [2.75, 3.05) is 26.7 Å². The molecule has 6 heteroatoms. The highest BCUT2D eigenvalue weighted by atomic mass is 19.1. The van der Waals surface area contributed by atoms with Crippen LogP contribution in [0.15, 0.2) is 54.6 Å². The first-order chi connectivity index (χ1) is 12.0. The summed E-state index contributed by atoms with van der Waals surface area (Å²) in [5.41, 5.74) is 1.13. The molecule has 5 nitrogen and oxygen atoms in total. The van der Waals surface area contributed by atoms with E-state index in [1.807, 2.05) is 42.3 Å². The summed E-state index contributed by atoms with van der Waals surface area (Å²) in [7, 11) is 1.86. The van der Waals surface area contributed by atoms with Crippen LogP contribution in [0.25, 0.3) is 0 Å². The molecule has 1 amide bonds. The molecule has 0 radical (unpaired) electrons. The second-order valence-electron chi connectivity index (χ2n) is 5.88. The van der Waals surface area contributed by atoms with Crippen molar-refractivity contribution in [3.05, 3.63) is 66.0 Å². The number of amides is 1. The molecule has 0 spiro atoms. The number of carbonyl (C=O) groups is 1. The monoisotopic (exact) mass is 346 g/mol. The average Bonchev–Trinajstić information content (AvgIpc) is 2.59. The number of nitrogens with zero attached hydrogens (tertiary/aromatic N) is 1. The van der Waals surface area contributed by atoms with Crippen molar-refractivity contribution in [3.8, 4) is 5.75 Å². The summed E-state index contributed by atoms with van der Waals surface area (Å²) in [5, 5.41) is 12.5. The van der Waals surface area contributed by atoms with Crippen molar-refractivity contribution in [2.24, 2.45) is 0 Å². The van der Waals surface area contributed by atoms with Gasteiger partial charge in [-0.2, -0.15) is 0 Å². The molecule has 0 aliphatic carbocycles. The van der Waals surface area contributed by atoms with Crippen LogP contribution >= 0.6 is 0 Å². The van der Waals surface area contributed by atoms with Gasteiger partial charge in [0, 0.05) is 19.2 Å². The predicted molar refractivity (Wildman–Crippen MR) is 93.7 cm³/mol. The lowest BCUT2D eigenvalue weighted by atomic mass is 10.2. The second kappa shape index (κ2) is 9.76. The van der Waals surface area contributed by atoms with E-state index in [-0.39, 0.29) is 25.6 Å². The Hall–Kier alpha value is -2.44. The van der Waals surface area contributed by atoms with Crippen LogP contribution in [-0.2, 0) is 11.3 Å². The number of hydrogen-bond acceptors (Lipinski definition) is 4. The number of nitrogens with one attached hydrogen (secondary N) is 1. The molecule has 0 heterocycles. The standard InChI is InChI=1S/C19H23FN2O3/c1-22(12-15-6-3-2-4-7-15)13-19(24)21-11-17(23)14-25-18-9-5-8-16(20)10-18/h2-10,17,23H,11-14H2,1H3,(H,21,24). The summed E-state index contributed by atoms with van der Waals surface area (Å²) in [5.74, 6) is -0.238. The molecule has 2 aromatic carbocycles. The van der Waals surface area contributed by atoms with E-state index in [1.54, 1.807) is 6.07 Å². The van der Waals surface area contributed by atoms with Gasteiger partial charge in [0.05, 0.1) is 6.54 Å². The van der Waals surface area contributed by atoms with E-state index < -0.39 is 11.9 Å². The fraction of sp³-hybridized carbons (Fsp3) is 0.316. The Morgan fingerprint density at radius 3 is 2.72 bits per heavy atom. The van der Waals surface area contributed by atoms with E-state index in [0.717, 1.165) is 5.56 Å². The van der Waals surface area contributed by atoms with Crippen LogP contribution in [0.3, 0.4) is 0 Å². The van der Waals surface area contributed by atoms with Crippen molar-refractivity contribution in [1.29, 1.82) is 0 Å². The van der Waals surface area contributed by atoms with Crippen molar-refractivity contribution in [1.82, 2.24) is 10.2 Å². The zero-order chi connectivity index (χ0) is 18.1. The lowest BCUT2D eigenvalue weighted by Crippen LogP contribution is -2.40. The van der Waals surface area contributed by atoms with Gasteiger partial charge < -0.3 is 15.2 Å². The van der Waals surface area contributed by atoms with Gasteiger partial charge in [-0.25, -0.2) is 4.39 Å². The Labute approximate surface area is 147 Å². The van der Waals surface area contributed by atoms with Crippen LogP contribution < -0.4 is 10.1 Å². The number of halogens is 1. The molecular formula is C19H23FN2O3. The number of rotatable bonds is 9. The molecule has 0 bridgehead atoms. The van der Waals surface area contributed by atoms with Gasteiger partial charge in [-0.1, -0.05) is 36.4 Å². The van der Waals surface area contributed by atoms with E-state index >= 15 is 0 Å². The molecule has 25 heavy (non-hydrogen) atoms. The maximum absolute atomic E-state index is 13.0. The zero-order valence-electron chi connectivity index (χ0n) is 14.2. The summed E-state index contributed by atoms with van der Waals surface area (Å²) in [6.45, 7) is 0.947. The molecule has 0 fully saturated rings. The minimum absolute atomic E-state index is 0.0242. The summed E-state index contributed by atoms with van der Waals surface area (Å²) in [4.78, 5) is 13.8. The molecule has 1 atom stereocenters. The molecular weight excluding hydrogens is 323 g/mol. The van der Waals surface area contributed by atoms with Gasteiger partial charge in [0.1, 0.15) is 24.3 Å². The molecule has 0 saturated heterocycles. The molecule has 0 aliphatic rings. The number of aliphatic hydroxyl groups excluding tert-OH is 1. The lowest BCUT2D eigenvalue weighted by molar-refractivity contribution is -0.122. The highest BCUT2D eigenvalue weighted by Crippen LogP contribution is 2.11. The van der Waals surface area contributed by atoms with Gasteiger partial charge in [-0.3, -0.25) is 9.69 Å². The molecule has 0 aliphatic heterocycles. The molecule has 0 aromatic heterocycles. The van der Waals surface area contributed by atoms with Crippen LogP contribution in [-0.4, -0.2) is 48.8 Å². The van der Waals surface area contributed by atoms with Crippen molar-refractivity contribution >= 4 is 5.91 Å². The topological polar surface area (TPSA) is 61.8 Å².